The molecule has 6 heteroatoms. The van der Waals surface area contributed by atoms with Crippen LogP contribution in [-0.2, 0) is 4.79 Å². The van der Waals surface area contributed by atoms with Crippen molar-refractivity contribution in [2.75, 3.05) is 51.3 Å². The smallest absolute Gasteiger partial charge is 0.253 e. The Morgan fingerprint density at radius 2 is 1.56 bits per heavy atom. The molecule has 0 spiro atoms. The minimum absolute atomic E-state index is 0.0315. The molecule has 32 heavy (non-hydrogen) atoms. The summed E-state index contributed by atoms with van der Waals surface area (Å²) in [5.41, 5.74) is 3.00. The minimum Gasteiger partial charge on any atom is -0.497 e. The topological polar surface area (TPSA) is 53.1 Å². The number of nitrogens with zero attached hydrogens (tertiary/aromatic N) is 3. The van der Waals surface area contributed by atoms with Crippen LogP contribution >= 0.6 is 0 Å². The fourth-order valence-corrected chi connectivity index (χ4v) is 4.69. The highest BCUT2D eigenvalue weighted by atomic mass is 16.5. The van der Waals surface area contributed by atoms with Crippen LogP contribution in [0, 0.1) is 12.8 Å². The van der Waals surface area contributed by atoms with Gasteiger partial charge in [0, 0.05) is 50.5 Å². The average molecular weight is 436 g/mol. The minimum atomic E-state index is -0.106. The Labute approximate surface area is 190 Å². The maximum absolute atomic E-state index is 13.3. The number of piperidine rings is 1. The molecule has 0 aromatic heterocycles. The number of aryl methyl sites for hydroxylation is 1. The molecule has 4 rings (SSSR count). The number of hydrogen-bond acceptors (Lipinski definition) is 4. The highest BCUT2D eigenvalue weighted by molar-refractivity contribution is 5.94. The number of rotatable bonds is 4. The molecule has 1 unspecified atom stereocenters. The van der Waals surface area contributed by atoms with Crippen LogP contribution in [-0.4, -0.2) is 68.0 Å². The molecule has 0 saturated carbocycles. The van der Waals surface area contributed by atoms with E-state index in [4.69, 9.17) is 4.74 Å². The Kier molecular flexibility index (Phi) is 6.98. The fraction of sp³-hybridized carbons (Fsp3) is 0.462. The summed E-state index contributed by atoms with van der Waals surface area (Å²) in [6.07, 6.45) is 2.67. The first-order chi connectivity index (χ1) is 15.5. The van der Waals surface area contributed by atoms with Crippen molar-refractivity contribution in [1.82, 2.24) is 9.80 Å². The maximum Gasteiger partial charge on any atom is 0.253 e. The fourth-order valence-electron chi connectivity index (χ4n) is 4.69. The number of amides is 2. The van der Waals surface area contributed by atoms with Gasteiger partial charge in [-0.1, -0.05) is 17.7 Å². The van der Waals surface area contributed by atoms with E-state index in [1.807, 2.05) is 53.1 Å². The summed E-state index contributed by atoms with van der Waals surface area (Å²) in [5, 5.41) is 0. The zero-order chi connectivity index (χ0) is 22.5. The number of carbonyl (C=O) groups is 2. The van der Waals surface area contributed by atoms with E-state index in [1.165, 1.54) is 0 Å². The first kappa shape index (κ1) is 22.2. The van der Waals surface area contributed by atoms with Gasteiger partial charge < -0.3 is 19.4 Å². The predicted molar refractivity (Wildman–Crippen MR) is 126 cm³/mol. The molecule has 6 nitrogen and oxygen atoms in total. The monoisotopic (exact) mass is 435 g/mol. The highest BCUT2D eigenvalue weighted by Crippen LogP contribution is 2.24. The molecule has 2 amide bonds. The Morgan fingerprint density at radius 1 is 0.844 bits per heavy atom. The van der Waals surface area contributed by atoms with Crippen LogP contribution in [0.5, 0.6) is 5.75 Å². The van der Waals surface area contributed by atoms with Gasteiger partial charge in [-0.25, -0.2) is 0 Å². The zero-order valence-corrected chi connectivity index (χ0v) is 19.1. The van der Waals surface area contributed by atoms with Crippen molar-refractivity contribution in [2.24, 2.45) is 5.92 Å². The van der Waals surface area contributed by atoms with Gasteiger partial charge >= 0.3 is 0 Å². The summed E-state index contributed by atoms with van der Waals surface area (Å²) in [5.74, 6) is 0.972. The van der Waals surface area contributed by atoms with E-state index in [-0.39, 0.29) is 17.7 Å². The number of benzene rings is 2. The lowest BCUT2D eigenvalue weighted by Crippen LogP contribution is -2.47. The Bertz CT molecular complexity index is 926. The van der Waals surface area contributed by atoms with Gasteiger partial charge in [0.2, 0.25) is 5.91 Å². The quantitative estimate of drug-likeness (QED) is 0.737. The van der Waals surface area contributed by atoms with E-state index in [2.05, 4.69) is 17.0 Å². The molecular weight excluding hydrogens is 402 g/mol. The zero-order valence-electron chi connectivity index (χ0n) is 19.1. The Hall–Kier alpha value is -3.02. The molecule has 2 aliphatic rings. The van der Waals surface area contributed by atoms with Crippen molar-refractivity contribution < 1.29 is 14.3 Å². The molecule has 2 aliphatic heterocycles. The van der Waals surface area contributed by atoms with E-state index in [9.17, 15) is 9.59 Å². The number of anilines is 1. The number of methoxy groups -OCH3 is 1. The molecule has 2 saturated heterocycles. The second-order valence-electron chi connectivity index (χ2n) is 8.82. The van der Waals surface area contributed by atoms with Crippen molar-refractivity contribution in [3.63, 3.8) is 0 Å². The summed E-state index contributed by atoms with van der Waals surface area (Å²) in [6.45, 7) is 6.49. The lowest BCUT2D eigenvalue weighted by Gasteiger charge is -2.35. The SMILES string of the molecule is COc1ccc(N2CCCN(C(=O)C3CCCN(C(=O)c4ccc(C)cc4)C3)CC2)cc1. The summed E-state index contributed by atoms with van der Waals surface area (Å²) in [7, 11) is 1.67. The van der Waals surface area contributed by atoms with Gasteiger partial charge in [0.05, 0.1) is 13.0 Å². The average Bonchev–Trinajstić information content (AvgIpc) is 3.10. The molecule has 2 heterocycles. The molecule has 0 aliphatic carbocycles. The van der Waals surface area contributed by atoms with E-state index >= 15 is 0 Å². The van der Waals surface area contributed by atoms with Crippen molar-refractivity contribution in [2.45, 2.75) is 26.2 Å². The molecule has 2 fully saturated rings. The Morgan fingerprint density at radius 3 is 2.28 bits per heavy atom. The maximum atomic E-state index is 13.3. The van der Waals surface area contributed by atoms with Crippen LogP contribution in [0.25, 0.3) is 0 Å². The lowest BCUT2D eigenvalue weighted by molar-refractivity contribution is -0.136. The summed E-state index contributed by atoms with van der Waals surface area (Å²) >= 11 is 0. The third kappa shape index (κ3) is 5.06. The first-order valence-electron chi connectivity index (χ1n) is 11.6. The van der Waals surface area contributed by atoms with Crippen molar-refractivity contribution in [3.05, 3.63) is 59.7 Å². The molecule has 0 bridgehead atoms. The largest absolute Gasteiger partial charge is 0.497 e. The van der Waals surface area contributed by atoms with E-state index in [1.54, 1.807) is 7.11 Å². The third-order valence-electron chi connectivity index (χ3n) is 6.60. The van der Waals surface area contributed by atoms with Crippen LogP contribution < -0.4 is 9.64 Å². The summed E-state index contributed by atoms with van der Waals surface area (Å²) in [4.78, 5) is 32.5. The van der Waals surface area contributed by atoms with Crippen molar-refractivity contribution >= 4 is 17.5 Å². The van der Waals surface area contributed by atoms with Crippen molar-refractivity contribution in [1.29, 1.82) is 0 Å². The van der Waals surface area contributed by atoms with Crippen molar-refractivity contribution in [3.8, 4) is 5.75 Å². The molecular formula is C26H33N3O3. The van der Waals surface area contributed by atoms with Gasteiger partial charge in [0.15, 0.2) is 0 Å². The molecule has 1 atom stereocenters. The second kappa shape index (κ2) is 10.1. The van der Waals surface area contributed by atoms with E-state index in [0.717, 1.165) is 62.4 Å². The van der Waals surface area contributed by atoms with Gasteiger partial charge in [-0.05, 0) is 62.6 Å². The standard InChI is InChI=1S/C26H33N3O3/c1-20-6-8-21(9-7-20)25(30)29-14-3-5-22(19-29)26(31)28-16-4-15-27(17-18-28)23-10-12-24(32-2)13-11-23/h6-13,22H,3-5,14-19H2,1-2H3. The van der Waals surface area contributed by atoms with Gasteiger partial charge in [0.1, 0.15) is 5.75 Å². The van der Waals surface area contributed by atoms with Gasteiger partial charge in [-0.15, -0.1) is 0 Å². The molecule has 0 N–H and O–H groups in total. The molecule has 0 radical (unpaired) electrons. The van der Waals surface area contributed by atoms with E-state index in [0.29, 0.717) is 18.7 Å². The molecule has 2 aromatic carbocycles. The predicted octanol–water partition coefficient (Wildman–Crippen LogP) is 3.59. The number of ether oxygens (including phenoxy) is 1. The van der Waals surface area contributed by atoms with Gasteiger partial charge in [0.25, 0.3) is 5.91 Å². The highest BCUT2D eigenvalue weighted by Gasteiger charge is 2.32. The van der Waals surface area contributed by atoms with E-state index < -0.39 is 0 Å². The van der Waals surface area contributed by atoms with Crippen LogP contribution in [0.1, 0.15) is 35.2 Å². The number of likely N-dealkylation sites (tertiary alicyclic amines) is 1. The van der Waals surface area contributed by atoms with Gasteiger partial charge in [-0.3, -0.25) is 9.59 Å². The van der Waals surface area contributed by atoms with Crippen LogP contribution in [0.4, 0.5) is 5.69 Å². The molecule has 170 valence electrons. The van der Waals surface area contributed by atoms with Gasteiger partial charge in [-0.2, -0.15) is 0 Å². The van der Waals surface area contributed by atoms with Crippen LogP contribution in [0.15, 0.2) is 48.5 Å². The number of hydrogen-bond donors (Lipinski definition) is 0. The first-order valence-corrected chi connectivity index (χ1v) is 11.6. The van der Waals surface area contributed by atoms with Crippen LogP contribution in [0.3, 0.4) is 0 Å². The normalized spacial score (nSPS) is 19.4. The third-order valence-corrected chi connectivity index (χ3v) is 6.60. The lowest BCUT2D eigenvalue weighted by atomic mass is 9.95. The Balaban J connectivity index is 1.36. The molecule has 2 aromatic rings. The van der Waals surface area contributed by atoms with Crippen LogP contribution in [0.2, 0.25) is 0 Å². The summed E-state index contributed by atoms with van der Waals surface area (Å²) in [6, 6.07) is 15.8. The number of carbonyl (C=O) groups excluding carboxylic acids is 2. The second-order valence-corrected chi connectivity index (χ2v) is 8.82. The summed E-state index contributed by atoms with van der Waals surface area (Å²) < 4.78 is 5.26.